The fraction of sp³-hybridized carbons (Fsp3) is 0. The molecule has 1 heterocycles. The Kier molecular flexibility index (Phi) is 2.90. The number of hydrogen-bond donors (Lipinski definition) is 1. The van der Waals surface area contributed by atoms with Gasteiger partial charge in [-0.25, -0.2) is 4.68 Å². The second-order valence-corrected chi connectivity index (χ2v) is 5.20. The number of benzene rings is 3. The summed E-state index contributed by atoms with van der Waals surface area (Å²) < 4.78 is 1.95. The van der Waals surface area contributed by atoms with E-state index < -0.39 is 0 Å². The molecule has 106 valence electrons. The summed E-state index contributed by atoms with van der Waals surface area (Å²) in [7, 11) is 0. The molecule has 0 unspecified atom stereocenters. The van der Waals surface area contributed by atoms with Gasteiger partial charge in [0, 0.05) is 11.3 Å². The molecule has 3 heteroatoms. The highest BCUT2D eigenvalue weighted by molar-refractivity contribution is 6.02. The third-order valence-corrected chi connectivity index (χ3v) is 3.79. The van der Waals surface area contributed by atoms with Crippen molar-refractivity contribution in [3.8, 4) is 16.9 Å². The maximum absolute atomic E-state index is 6.23. The number of nitrogens with zero attached hydrogens (tertiary/aromatic N) is 2. The van der Waals surface area contributed by atoms with Gasteiger partial charge in [-0.2, -0.15) is 5.10 Å². The molecule has 0 aliphatic rings. The number of aromatic nitrogens is 2. The van der Waals surface area contributed by atoms with Gasteiger partial charge in [0.25, 0.3) is 0 Å². The summed E-state index contributed by atoms with van der Waals surface area (Å²) in [6.07, 6.45) is 0. The molecule has 0 amide bonds. The lowest BCUT2D eigenvalue weighted by Gasteiger charge is -2.02. The molecule has 0 radical (unpaired) electrons. The van der Waals surface area contributed by atoms with Gasteiger partial charge in [0.05, 0.1) is 16.6 Å². The number of hydrogen-bond acceptors (Lipinski definition) is 2. The Labute approximate surface area is 128 Å². The molecule has 0 saturated heterocycles. The highest BCUT2D eigenvalue weighted by atomic mass is 15.3. The SMILES string of the molecule is Nc1cccc2c1c(-c1ccccc1)nn2-c1ccccc1. The van der Waals surface area contributed by atoms with Crippen molar-refractivity contribution in [2.75, 3.05) is 5.73 Å². The van der Waals surface area contributed by atoms with Gasteiger partial charge in [-0.15, -0.1) is 0 Å². The van der Waals surface area contributed by atoms with Crippen LogP contribution >= 0.6 is 0 Å². The minimum Gasteiger partial charge on any atom is -0.398 e. The first-order valence-corrected chi connectivity index (χ1v) is 7.22. The molecular weight excluding hydrogens is 270 g/mol. The number of nitrogens with two attached hydrogens (primary N) is 1. The topological polar surface area (TPSA) is 43.8 Å². The van der Waals surface area contributed by atoms with E-state index in [0.29, 0.717) is 0 Å². The van der Waals surface area contributed by atoms with Gasteiger partial charge in [0.2, 0.25) is 0 Å². The maximum Gasteiger partial charge on any atom is 0.103 e. The number of rotatable bonds is 2. The Morgan fingerprint density at radius 2 is 1.41 bits per heavy atom. The molecule has 22 heavy (non-hydrogen) atoms. The molecule has 3 nitrogen and oxygen atoms in total. The first-order chi connectivity index (χ1) is 10.8. The van der Waals surface area contributed by atoms with Crippen molar-refractivity contribution >= 4 is 16.6 Å². The third-order valence-electron chi connectivity index (χ3n) is 3.79. The Morgan fingerprint density at radius 1 is 0.727 bits per heavy atom. The maximum atomic E-state index is 6.23. The van der Waals surface area contributed by atoms with Crippen LogP contribution < -0.4 is 5.73 Å². The zero-order valence-electron chi connectivity index (χ0n) is 12.0. The summed E-state index contributed by atoms with van der Waals surface area (Å²) in [5.74, 6) is 0. The Hall–Kier alpha value is -3.07. The van der Waals surface area contributed by atoms with Gasteiger partial charge in [-0.1, -0.05) is 54.6 Å². The van der Waals surface area contributed by atoms with Gasteiger partial charge in [0.1, 0.15) is 5.69 Å². The summed E-state index contributed by atoms with van der Waals surface area (Å²) in [6.45, 7) is 0. The molecule has 0 aliphatic carbocycles. The van der Waals surface area contributed by atoms with E-state index in [0.717, 1.165) is 33.5 Å². The van der Waals surface area contributed by atoms with E-state index in [2.05, 4.69) is 18.2 Å². The van der Waals surface area contributed by atoms with Crippen molar-refractivity contribution in [3.05, 3.63) is 78.9 Å². The summed E-state index contributed by atoms with van der Waals surface area (Å²) in [6, 6.07) is 26.2. The van der Waals surface area contributed by atoms with E-state index in [4.69, 9.17) is 10.8 Å². The highest BCUT2D eigenvalue weighted by Crippen LogP contribution is 2.33. The first kappa shape index (κ1) is 12.7. The van der Waals surface area contributed by atoms with Gasteiger partial charge in [-0.05, 0) is 24.3 Å². The van der Waals surface area contributed by atoms with Crippen LogP contribution in [0.5, 0.6) is 0 Å². The first-order valence-electron chi connectivity index (χ1n) is 7.22. The predicted octanol–water partition coefficient (Wildman–Crippen LogP) is 4.27. The average molecular weight is 285 g/mol. The number of fused-ring (bicyclic) bond motifs is 1. The number of nitrogen functional groups attached to an aromatic ring is 1. The molecule has 0 saturated carbocycles. The monoisotopic (exact) mass is 285 g/mol. The number of para-hydroxylation sites is 1. The van der Waals surface area contributed by atoms with E-state index in [-0.39, 0.29) is 0 Å². The van der Waals surface area contributed by atoms with Crippen LogP contribution in [-0.4, -0.2) is 9.78 Å². The third kappa shape index (κ3) is 1.95. The molecule has 0 aliphatic heterocycles. The van der Waals surface area contributed by atoms with Crippen LogP contribution in [0.15, 0.2) is 78.9 Å². The van der Waals surface area contributed by atoms with Crippen molar-refractivity contribution in [3.63, 3.8) is 0 Å². The molecule has 0 bridgehead atoms. The normalized spacial score (nSPS) is 10.9. The van der Waals surface area contributed by atoms with E-state index in [9.17, 15) is 0 Å². The summed E-state index contributed by atoms with van der Waals surface area (Å²) >= 11 is 0. The Morgan fingerprint density at radius 3 is 2.14 bits per heavy atom. The van der Waals surface area contributed by atoms with E-state index in [1.54, 1.807) is 0 Å². The molecule has 0 atom stereocenters. The Bertz CT molecular complexity index is 925. The lowest BCUT2D eigenvalue weighted by Crippen LogP contribution is -1.95. The zero-order chi connectivity index (χ0) is 14.9. The van der Waals surface area contributed by atoms with E-state index in [1.165, 1.54) is 0 Å². The smallest absolute Gasteiger partial charge is 0.103 e. The van der Waals surface area contributed by atoms with Crippen LogP contribution in [0, 0.1) is 0 Å². The average Bonchev–Trinajstić information content (AvgIpc) is 2.98. The largest absolute Gasteiger partial charge is 0.398 e. The molecule has 1 aromatic heterocycles. The lowest BCUT2D eigenvalue weighted by atomic mass is 10.1. The second-order valence-electron chi connectivity index (χ2n) is 5.20. The predicted molar refractivity (Wildman–Crippen MR) is 90.9 cm³/mol. The van der Waals surface area contributed by atoms with Crippen LogP contribution in [0.3, 0.4) is 0 Å². The fourth-order valence-corrected chi connectivity index (χ4v) is 2.76. The summed E-state index contributed by atoms with van der Waals surface area (Å²) in [5, 5.41) is 5.83. The Balaban J connectivity index is 2.07. The molecule has 4 rings (SSSR count). The molecule has 0 spiro atoms. The molecule has 0 fully saturated rings. The van der Waals surface area contributed by atoms with Crippen molar-refractivity contribution in [1.82, 2.24) is 9.78 Å². The highest BCUT2D eigenvalue weighted by Gasteiger charge is 2.15. The van der Waals surface area contributed by atoms with E-state index in [1.807, 2.05) is 65.3 Å². The standard InChI is InChI=1S/C19H15N3/c20-16-12-7-13-17-18(16)19(14-8-3-1-4-9-14)21-22(17)15-10-5-2-6-11-15/h1-13H,20H2. The van der Waals surface area contributed by atoms with Gasteiger partial charge in [-0.3, -0.25) is 0 Å². The summed E-state index contributed by atoms with van der Waals surface area (Å²) in [5.41, 5.74) is 11.0. The van der Waals surface area contributed by atoms with Gasteiger partial charge >= 0.3 is 0 Å². The minimum absolute atomic E-state index is 0.749. The van der Waals surface area contributed by atoms with Crippen molar-refractivity contribution in [2.45, 2.75) is 0 Å². The molecular formula is C19H15N3. The lowest BCUT2D eigenvalue weighted by molar-refractivity contribution is 0.915. The van der Waals surface area contributed by atoms with Crippen LogP contribution in [0.1, 0.15) is 0 Å². The van der Waals surface area contributed by atoms with Crippen LogP contribution in [0.4, 0.5) is 5.69 Å². The minimum atomic E-state index is 0.749. The van der Waals surface area contributed by atoms with Crippen LogP contribution in [0.2, 0.25) is 0 Å². The van der Waals surface area contributed by atoms with Crippen LogP contribution in [-0.2, 0) is 0 Å². The molecule has 3 aromatic carbocycles. The molecule has 2 N–H and O–H groups in total. The van der Waals surface area contributed by atoms with Gasteiger partial charge in [0.15, 0.2) is 0 Å². The second kappa shape index (κ2) is 5.04. The zero-order valence-corrected chi connectivity index (χ0v) is 12.0. The van der Waals surface area contributed by atoms with Crippen molar-refractivity contribution in [2.24, 2.45) is 0 Å². The van der Waals surface area contributed by atoms with Crippen molar-refractivity contribution < 1.29 is 0 Å². The van der Waals surface area contributed by atoms with Gasteiger partial charge < -0.3 is 5.73 Å². The molecule has 4 aromatic rings. The van der Waals surface area contributed by atoms with Crippen molar-refractivity contribution in [1.29, 1.82) is 0 Å². The number of anilines is 1. The van der Waals surface area contributed by atoms with Crippen LogP contribution in [0.25, 0.3) is 27.8 Å². The van der Waals surface area contributed by atoms with E-state index >= 15 is 0 Å². The summed E-state index contributed by atoms with van der Waals surface area (Å²) in [4.78, 5) is 0. The fourth-order valence-electron chi connectivity index (χ4n) is 2.76. The quantitative estimate of drug-likeness (QED) is 0.559.